The SMILES string of the molecule is O=P(O)(O)CCCCCc1ccc(CCSc2ncc(-c3ccccc3)n2-c2ccccc2)cc1. The lowest BCUT2D eigenvalue weighted by Gasteiger charge is -2.12. The third-order valence-electron chi connectivity index (χ3n) is 5.87. The van der Waals surface area contributed by atoms with Gasteiger partial charge in [-0.05, 0) is 48.9 Å². The van der Waals surface area contributed by atoms with Crippen LogP contribution in [0.5, 0.6) is 0 Å². The Kier molecular flexibility index (Phi) is 9.00. The minimum Gasteiger partial charge on any atom is -0.324 e. The molecule has 2 N–H and O–H groups in total. The highest BCUT2D eigenvalue weighted by molar-refractivity contribution is 7.99. The largest absolute Gasteiger partial charge is 0.325 e. The number of aromatic nitrogens is 2. The van der Waals surface area contributed by atoms with Crippen molar-refractivity contribution in [1.29, 1.82) is 0 Å². The fraction of sp³-hybridized carbons (Fsp3) is 0.250. The Hall–Kier alpha value is -2.63. The zero-order valence-electron chi connectivity index (χ0n) is 19.7. The molecule has 0 unspecified atom stereocenters. The van der Waals surface area contributed by atoms with E-state index in [0.29, 0.717) is 6.42 Å². The molecule has 0 aliphatic carbocycles. The van der Waals surface area contributed by atoms with Crippen molar-refractivity contribution in [2.75, 3.05) is 11.9 Å². The summed E-state index contributed by atoms with van der Waals surface area (Å²) in [5.41, 5.74) is 5.91. The van der Waals surface area contributed by atoms with Crippen LogP contribution in [0, 0.1) is 0 Å². The first-order chi connectivity index (χ1) is 17.0. The van der Waals surface area contributed by atoms with Crippen molar-refractivity contribution in [2.45, 2.75) is 37.3 Å². The van der Waals surface area contributed by atoms with Gasteiger partial charge in [0.05, 0.1) is 11.9 Å². The van der Waals surface area contributed by atoms with E-state index in [1.165, 1.54) is 11.1 Å². The van der Waals surface area contributed by atoms with Gasteiger partial charge in [-0.25, -0.2) is 4.98 Å². The summed E-state index contributed by atoms with van der Waals surface area (Å²) < 4.78 is 13.2. The summed E-state index contributed by atoms with van der Waals surface area (Å²) in [5.74, 6) is 0.930. The van der Waals surface area contributed by atoms with Gasteiger partial charge in [0.15, 0.2) is 5.16 Å². The summed E-state index contributed by atoms with van der Waals surface area (Å²) in [6.07, 6.45) is 6.19. The molecule has 182 valence electrons. The summed E-state index contributed by atoms with van der Waals surface area (Å²) >= 11 is 1.77. The molecule has 0 radical (unpaired) electrons. The molecule has 0 bridgehead atoms. The van der Waals surface area contributed by atoms with E-state index in [4.69, 9.17) is 14.8 Å². The summed E-state index contributed by atoms with van der Waals surface area (Å²) in [6.45, 7) is 0. The zero-order valence-corrected chi connectivity index (χ0v) is 21.4. The average Bonchev–Trinajstić information content (AvgIpc) is 3.29. The molecular formula is C28H31N2O3PS. The Morgan fingerprint density at radius 2 is 1.40 bits per heavy atom. The molecular weight excluding hydrogens is 475 g/mol. The minimum absolute atomic E-state index is 0.0149. The number of para-hydroxylation sites is 1. The fourth-order valence-corrected chi connectivity index (χ4v) is 5.65. The smallest absolute Gasteiger partial charge is 0.324 e. The van der Waals surface area contributed by atoms with Gasteiger partial charge in [0.2, 0.25) is 0 Å². The highest BCUT2D eigenvalue weighted by atomic mass is 32.2. The molecule has 7 heteroatoms. The van der Waals surface area contributed by atoms with Gasteiger partial charge in [0, 0.05) is 23.2 Å². The van der Waals surface area contributed by atoms with Crippen molar-refractivity contribution in [2.24, 2.45) is 0 Å². The molecule has 0 spiro atoms. The quantitative estimate of drug-likeness (QED) is 0.126. The zero-order chi connectivity index (χ0) is 24.5. The molecule has 3 aromatic carbocycles. The van der Waals surface area contributed by atoms with Gasteiger partial charge in [0.1, 0.15) is 0 Å². The maximum Gasteiger partial charge on any atom is 0.325 e. The van der Waals surface area contributed by atoms with E-state index in [-0.39, 0.29) is 6.16 Å². The molecule has 4 rings (SSSR count). The average molecular weight is 507 g/mol. The molecule has 0 aliphatic heterocycles. The van der Waals surface area contributed by atoms with Gasteiger partial charge in [-0.3, -0.25) is 9.13 Å². The van der Waals surface area contributed by atoms with E-state index in [9.17, 15) is 4.57 Å². The second-order valence-corrected chi connectivity index (χ2v) is 11.4. The summed E-state index contributed by atoms with van der Waals surface area (Å²) in [7, 11) is -3.86. The lowest BCUT2D eigenvalue weighted by Crippen LogP contribution is -2.00. The van der Waals surface area contributed by atoms with Gasteiger partial charge < -0.3 is 9.79 Å². The lowest BCUT2D eigenvalue weighted by molar-refractivity contribution is 0.371. The number of unbranched alkanes of at least 4 members (excludes halogenated alkanes) is 2. The van der Waals surface area contributed by atoms with E-state index in [0.717, 1.165) is 53.5 Å². The number of hydrogen-bond acceptors (Lipinski definition) is 3. The summed E-state index contributed by atoms with van der Waals surface area (Å²) in [5, 5.41) is 0.988. The molecule has 0 saturated heterocycles. The van der Waals surface area contributed by atoms with Crippen LogP contribution in [-0.2, 0) is 17.4 Å². The summed E-state index contributed by atoms with van der Waals surface area (Å²) in [4.78, 5) is 22.6. The van der Waals surface area contributed by atoms with Crippen LogP contribution in [0.25, 0.3) is 16.9 Å². The maximum absolute atomic E-state index is 10.9. The molecule has 0 aliphatic rings. The van der Waals surface area contributed by atoms with Gasteiger partial charge in [-0.1, -0.05) is 91.0 Å². The van der Waals surface area contributed by atoms with Crippen LogP contribution < -0.4 is 0 Å². The lowest BCUT2D eigenvalue weighted by atomic mass is 10.0. The third-order valence-corrected chi connectivity index (χ3v) is 7.73. The Bertz CT molecular complexity index is 1240. The first-order valence-corrected chi connectivity index (χ1v) is 14.7. The van der Waals surface area contributed by atoms with Gasteiger partial charge in [-0.2, -0.15) is 0 Å². The van der Waals surface area contributed by atoms with E-state index < -0.39 is 7.60 Å². The normalized spacial score (nSPS) is 11.6. The van der Waals surface area contributed by atoms with Crippen LogP contribution in [0.3, 0.4) is 0 Å². The molecule has 5 nitrogen and oxygen atoms in total. The van der Waals surface area contributed by atoms with Crippen LogP contribution in [0.15, 0.2) is 96.3 Å². The predicted molar refractivity (Wildman–Crippen MR) is 144 cm³/mol. The Morgan fingerprint density at radius 3 is 2.06 bits per heavy atom. The van der Waals surface area contributed by atoms with Crippen LogP contribution in [-0.4, -0.2) is 31.3 Å². The van der Waals surface area contributed by atoms with Crippen molar-refractivity contribution >= 4 is 19.4 Å². The maximum atomic E-state index is 10.9. The van der Waals surface area contributed by atoms with Gasteiger partial charge >= 0.3 is 7.60 Å². The second kappa shape index (κ2) is 12.4. The standard InChI is InChI=1S/C28H31N2O3PS/c31-34(32,33)20-9-3-4-10-23-15-17-24(18-16-23)19-21-35-28-29-22-27(25-11-5-1-6-12-25)30(28)26-13-7-2-8-14-26/h1-2,5-8,11-18,22H,3-4,9-10,19-21H2,(H2,31,32,33). The number of rotatable bonds is 12. The molecule has 4 aromatic rings. The van der Waals surface area contributed by atoms with Crippen molar-refractivity contribution in [3.63, 3.8) is 0 Å². The van der Waals surface area contributed by atoms with Crippen LogP contribution >= 0.6 is 19.4 Å². The van der Waals surface area contributed by atoms with E-state index in [1.807, 2.05) is 18.3 Å². The number of aryl methyl sites for hydroxylation is 2. The van der Waals surface area contributed by atoms with E-state index in [1.54, 1.807) is 11.8 Å². The number of benzene rings is 3. The van der Waals surface area contributed by atoms with Crippen LogP contribution in [0.4, 0.5) is 0 Å². The minimum atomic E-state index is -3.86. The van der Waals surface area contributed by atoms with E-state index in [2.05, 4.69) is 77.4 Å². The molecule has 1 aromatic heterocycles. The highest BCUT2D eigenvalue weighted by Crippen LogP contribution is 2.35. The molecule has 1 heterocycles. The second-order valence-electron chi connectivity index (χ2n) is 8.58. The Labute approximate surface area is 211 Å². The monoisotopic (exact) mass is 506 g/mol. The molecule has 0 saturated carbocycles. The predicted octanol–water partition coefficient (Wildman–Crippen LogP) is 6.76. The molecule has 0 fully saturated rings. The first-order valence-electron chi connectivity index (χ1n) is 11.9. The fourth-order valence-electron chi connectivity index (χ4n) is 4.03. The third kappa shape index (κ3) is 7.68. The van der Waals surface area contributed by atoms with Gasteiger partial charge in [0.25, 0.3) is 0 Å². The molecule has 0 atom stereocenters. The van der Waals surface area contributed by atoms with Crippen molar-refractivity contribution < 1.29 is 14.4 Å². The molecule has 35 heavy (non-hydrogen) atoms. The van der Waals surface area contributed by atoms with Crippen molar-refractivity contribution in [1.82, 2.24) is 9.55 Å². The Balaban J connectivity index is 1.34. The van der Waals surface area contributed by atoms with Crippen molar-refractivity contribution in [3.8, 4) is 16.9 Å². The number of hydrogen-bond donors (Lipinski definition) is 2. The van der Waals surface area contributed by atoms with Crippen LogP contribution in [0.1, 0.15) is 30.4 Å². The number of thioether (sulfide) groups is 1. The topological polar surface area (TPSA) is 75.3 Å². The first kappa shape index (κ1) is 25.5. The number of nitrogens with zero attached hydrogens (tertiary/aromatic N) is 2. The summed E-state index contributed by atoms with van der Waals surface area (Å²) in [6, 6.07) is 29.4. The highest BCUT2D eigenvalue weighted by Gasteiger charge is 2.14. The van der Waals surface area contributed by atoms with Gasteiger partial charge in [-0.15, -0.1) is 0 Å². The number of imidazole rings is 1. The van der Waals surface area contributed by atoms with Crippen LogP contribution in [0.2, 0.25) is 0 Å². The van der Waals surface area contributed by atoms with Crippen molar-refractivity contribution in [3.05, 3.63) is 102 Å². The Morgan fingerprint density at radius 1 is 0.771 bits per heavy atom. The molecule has 0 amide bonds. The van der Waals surface area contributed by atoms with E-state index >= 15 is 0 Å².